The fraction of sp³-hybridized carbons (Fsp3) is 0.750. The van der Waals surface area contributed by atoms with Crippen molar-refractivity contribution in [2.75, 3.05) is 0 Å². The van der Waals surface area contributed by atoms with E-state index < -0.39 is 0 Å². The second-order valence-electron chi connectivity index (χ2n) is 2.44. The van der Waals surface area contributed by atoms with E-state index in [-0.39, 0.29) is 0 Å². The molecule has 47 valence electrons. The molecule has 2 atom stereocenters. The molecular formula is C8H15. The van der Waals surface area contributed by atoms with Gasteiger partial charge in [-0.2, -0.15) is 0 Å². The minimum Gasteiger partial charge on any atom is -0.0814 e. The van der Waals surface area contributed by atoms with E-state index in [0.29, 0.717) is 5.92 Å². The van der Waals surface area contributed by atoms with E-state index in [1.807, 2.05) is 0 Å². The highest BCUT2D eigenvalue weighted by atomic mass is 14.1. The summed E-state index contributed by atoms with van der Waals surface area (Å²) in [6, 6.07) is 0. The highest BCUT2D eigenvalue weighted by molar-refractivity contribution is 4.75. The van der Waals surface area contributed by atoms with Crippen molar-refractivity contribution in [2.45, 2.75) is 27.2 Å². The quantitative estimate of drug-likeness (QED) is 0.525. The van der Waals surface area contributed by atoms with Gasteiger partial charge >= 0.3 is 0 Å². The van der Waals surface area contributed by atoms with Crippen LogP contribution in [0.15, 0.2) is 6.08 Å². The van der Waals surface area contributed by atoms with E-state index in [9.17, 15) is 0 Å². The normalized spacial score (nSPS) is 17.4. The monoisotopic (exact) mass is 111 g/mol. The Kier molecular flexibility index (Phi) is 3.59. The summed E-state index contributed by atoms with van der Waals surface area (Å²) in [5, 5.41) is 0. The van der Waals surface area contributed by atoms with Crippen LogP contribution in [0.5, 0.6) is 0 Å². The first kappa shape index (κ1) is 7.74. The van der Waals surface area contributed by atoms with Gasteiger partial charge in [-0.15, -0.1) is 0 Å². The van der Waals surface area contributed by atoms with Crippen LogP contribution in [-0.2, 0) is 0 Å². The first-order chi connectivity index (χ1) is 3.72. The lowest BCUT2D eigenvalue weighted by molar-refractivity contribution is 0.446. The molecule has 2 unspecified atom stereocenters. The minimum absolute atomic E-state index is 0.569. The molecule has 0 aliphatic heterocycles. The molecule has 0 spiro atoms. The van der Waals surface area contributed by atoms with Crippen LogP contribution in [0.1, 0.15) is 27.2 Å². The Balaban J connectivity index is 3.44. The van der Waals surface area contributed by atoms with Crippen LogP contribution in [0, 0.1) is 18.4 Å². The maximum absolute atomic E-state index is 5.32. The summed E-state index contributed by atoms with van der Waals surface area (Å²) < 4.78 is 0. The Morgan fingerprint density at radius 3 is 2.12 bits per heavy atom. The van der Waals surface area contributed by atoms with Gasteiger partial charge in [0.1, 0.15) is 0 Å². The lowest BCUT2D eigenvalue weighted by atomic mass is 9.94. The second-order valence-corrected chi connectivity index (χ2v) is 2.44. The largest absolute Gasteiger partial charge is 0.0814 e. The van der Waals surface area contributed by atoms with E-state index in [2.05, 4.69) is 20.8 Å². The second kappa shape index (κ2) is 3.71. The summed E-state index contributed by atoms with van der Waals surface area (Å²) in [4.78, 5) is 0. The van der Waals surface area contributed by atoms with Gasteiger partial charge in [0.2, 0.25) is 0 Å². The first-order valence-corrected chi connectivity index (χ1v) is 3.27. The molecule has 0 heterocycles. The van der Waals surface area contributed by atoms with Crippen LogP contribution in [0.25, 0.3) is 0 Å². The van der Waals surface area contributed by atoms with Crippen LogP contribution in [0.4, 0.5) is 0 Å². The molecule has 0 amide bonds. The molecular weight excluding hydrogens is 96.1 g/mol. The third-order valence-electron chi connectivity index (χ3n) is 1.85. The first-order valence-electron chi connectivity index (χ1n) is 3.27. The molecule has 1 radical (unpaired) electrons. The fourth-order valence-electron chi connectivity index (χ4n) is 0.561. The zero-order valence-corrected chi connectivity index (χ0v) is 6.02. The van der Waals surface area contributed by atoms with Gasteiger partial charge in [-0.3, -0.25) is 0 Å². The zero-order valence-electron chi connectivity index (χ0n) is 6.02. The van der Waals surface area contributed by atoms with Gasteiger partial charge in [-0.1, -0.05) is 39.8 Å². The maximum Gasteiger partial charge on any atom is -0.0233 e. The predicted octanol–water partition coefficient (Wildman–Crippen LogP) is 2.66. The molecule has 0 bridgehead atoms. The van der Waals surface area contributed by atoms with Gasteiger partial charge in [-0.25, -0.2) is 0 Å². The standard InChI is InChI=1S/C8H15/c1-5-7(3)8(4)6-2/h1,5,7-8H,6H2,2-4H3. The number of hydrogen-bond donors (Lipinski definition) is 0. The number of rotatable bonds is 3. The minimum atomic E-state index is 0.569. The van der Waals surface area contributed by atoms with Gasteiger partial charge in [0.25, 0.3) is 0 Å². The highest BCUT2D eigenvalue weighted by Gasteiger charge is 2.03. The van der Waals surface area contributed by atoms with Gasteiger partial charge in [0, 0.05) is 0 Å². The molecule has 0 N–H and O–H groups in total. The molecule has 0 nitrogen and oxygen atoms in total. The Labute approximate surface area is 52.6 Å². The summed E-state index contributed by atoms with van der Waals surface area (Å²) in [5.41, 5.74) is 0. The lowest BCUT2D eigenvalue weighted by Gasteiger charge is -2.11. The summed E-state index contributed by atoms with van der Waals surface area (Å²) >= 11 is 0. The SMILES string of the molecule is [CH]=CC(C)C(C)CC. The van der Waals surface area contributed by atoms with E-state index >= 15 is 0 Å². The van der Waals surface area contributed by atoms with Gasteiger partial charge < -0.3 is 0 Å². The van der Waals surface area contributed by atoms with Crippen molar-refractivity contribution in [3.8, 4) is 0 Å². The summed E-state index contributed by atoms with van der Waals surface area (Å²) in [5.74, 6) is 1.31. The number of hydrogen-bond acceptors (Lipinski definition) is 0. The Morgan fingerprint density at radius 2 is 2.00 bits per heavy atom. The van der Waals surface area contributed by atoms with Crippen molar-refractivity contribution in [2.24, 2.45) is 11.8 Å². The molecule has 0 aliphatic rings. The molecule has 0 aliphatic carbocycles. The van der Waals surface area contributed by atoms with Crippen molar-refractivity contribution in [3.63, 3.8) is 0 Å². The lowest BCUT2D eigenvalue weighted by Crippen LogP contribution is -2.02. The van der Waals surface area contributed by atoms with Gasteiger partial charge in [0.15, 0.2) is 0 Å². The maximum atomic E-state index is 5.32. The molecule has 0 rings (SSSR count). The Hall–Kier alpha value is -0.260. The van der Waals surface area contributed by atoms with Crippen LogP contribution < -0.4 is 0 Å². The number of allylic oxidation sites excluding steroid dienone is 1. The van der Waals surface area contributed by atoms with Gasteiger partial charge in [0.05, 0.1) is 0 Å². The van der Waals surface area contributed by atoms with Crippen molar-refractivity contribution in [1.29, 1.82) is 0 Å². The van der Waals surface area contributed by atoms with Crippen molar-refractivity contribution in [1.82, 2.24) is 0 Å². The topological polar surface area (TPSA) is 0 Å². The van der Waals surface area contributed by atoms with E-state index in [4.69, 9.17) is 6.58 Å². The van der Waals surface area contributed by atoms with E-state index in [1.54, 1.807) is 6.08 Å². The fourth-order valence-corrected chi connectivity index (χ4v) is 0.561. The summed E-state index contributed by atoms with van der Waals surface area (Å²) in [6.07, 6.45) is 2.99. The van der Waals surface area contributed by atoms with Crippen LogP contribution >= 0.6 is 0 Å². The molecule has 0 saturated heterocycles. The molecule has 0 fully saturated rings. The summed E-state index contributed by atoms with van der Waals surface area (Å²) in [7, 11) is 0. The molecule has 0 aromatic carbocycles. The van der Waals surface area contributed by atoms with Crippen LogP contribution in [0.3, 0.4) is 0 Å². The molecule has 8 heavy (non-hydrogen) atoms. The van der Waals surface area contributed by atoms with E-state index in [0.717, 1.165) is 5.92 Å². The van der Waals surface area contributed by atoms with Crippen LogP contribution in [-0.4, -0.2) is 0 Å². The van der Waals surface area contributed by atoms with E-state index in [1.165, 1.54) is 6.42 Å². The average molecular weight is 111 g/mol. The molecule has 0 aromatic rings. The van der Waals surface area contributed by atoms with Gasteiger partial charge in [-0.05, 0) is 11.8 Å². The molecule has 0 saturated carbocycles. The highest BCUT2D eigenvalue weighted by Crippen LogP contribution is 2.13. The Bertz CT molecular complexity index is 64.4. The smallest absolute Gasteiger partial charge is 0.0233 e. The average Bonchev–Trinajstić information content (AvgIpc) is 1.84. The third-order valence-corrected chi connectivity index (χ3v) is 1.85. The third kappa shape index (κ3) is 2.15. The zero-order chi connectivity index (χ0) is 6.57. The molecule has 0 heteroatoms. The van der Waals surface area contributed by atoms with Crippen molar-refractivity contribution >= 4 is 0 Å². The molecule has 0 aromatic heterocycles. The summed E-state index contributed by atoms with van der Waals surface area (Å²) in [6.45, 7) is 11.9. The van der Waals surface area contributed by atoms with Crippen molar-refractivity contribution in [3.05, 3.63) is 12.7 Å². The predicted molar refractivity (Wildman–Crippen MR) is 37.5 cm³/mol. The Morgan fingerprint density at radius 1 is 1.50 bits per heavy atom. The van der Waals surface area contributed by atoms with Crippen LogP contribution in [0.2, 0.25) is 0 Å². The van der Waals surface area contributed by atoms with Crippen molar-refractivity contribution < 1.29 is 0 Å².